The maximum atomic E-state index is 12.1. The molecule has 0 atom stereocenters. The number of sulfonamides is 1. The summed E-state index contributed by atoms with van der Waals surface area (Å²) in [6.07, 6.45) is 2.85. The molecule has 0 spiro atoms. The van der Waals surface area contributed by atoms with Crippen LogP contribution in [0.15, 0.2) is 40.0 Å². The molecule has 2 rings (SSSR count). The van der Waals surface area contributed by atoms with Crippen LogP contribution in [-0.4, -0.2) is 23.6 Å². The predicted octanol–water partition coefficient (Wildman–Crippen LogP) is 1.02. The second kappa shape index (κ2) is 4.86. The second-order valence-electron chi connectivity index (χ2n) is 3.25. The molecule has 94 valence electrons. The molecule has 0 saturated heterocycles. The van der Waals surface area contributed by atoms with Crippen LogP contribution in [0.3, 0.4) is 0 Å². The van der Waals surface area contributed by atoms with Gasteiger partial charge >= 0.3 is 0 Å². The van der Waals surface area contributed by atoms with E-state index in [2.05, 4.69) is 35.8 Å². The van der Waals surface area contributed by atoms with Crippen molar-refractivity contribution >= 4 is 37.6 Å². The standard InChI is InChI=1S/C9H8BrN5O2S/c10-6-4-7(9(11)12-5-6)18(16,17)15-8-2-1-3-13-14-8/h1-5H,(H2,11,12)(H,14,15). The van der Waals surface area contributed by atoms with E-state index in [4.69, 9.17) is 5.73 Å². The van der Waals surface area contributed by atoms with Crippen LogP contribution in [0, 0.1) is 0 Å². The summed E-state index contributed by atoms with van der Waals surface area (Å²) in [7, 11) is -3.84. The number of nitrogens with one attached hydrogen (secondary N) is 1. The van der Waals surface area contributed by atoms with E-state index in [1.54, 1.807) is 6.07 Å². The Morgan fingerprint density at radius 1 is 1.39 bits per heavy atom. The normalized spacial score (nSPS) is 11.2. The first-order chi connectivity index (χ1) is 8.49. The fourth-order valence-corrected chi connectivity index (χ4v) is 2.78. The number of hydrogen-bond donors (Lipinski definition) is 2. The van der Waals surface area contributed by atoms with Gasteiger partial charge in [0.25, 0.3) is 10.0 Å². The molecular formula is C9H8BrN5O2S. The molecule has 2 aromatic heterocycles. The first-order valence-electron chi connectivity index (χ1n) is 4.70. The molecule has 0 aliphatic rings. The van der Waals surface area contributed by atoms with Gasteiger partial charge in [-0.15, -0.1) is 5.10 Å². The summed E-state index contributed by atoms with van der Waals surface area (Å²) in [5, 5.41) is 7.20. The molecule has 0 aliphatic heterocycles. The quantitative estimate of drug-likeness (QED) is 0.869. The minimum Gasteiger partial charge on any atom is -0.383 e. The Hall–Kier alpha value is -1.74. The summed E-state index contributed by atoms with van der Waals surface area (Å²) in [5.41, 5.74) is 5.54. The van der Waals surface area contributed by atoms with Crippen LogP contribution < -0.4 is 10.5 Å². The number of hydrogen-bond acceptors (Lipinski definition) is 6. The van der Waals surface area contributed by atoms with Crippen molar-refractivity contribution in [3.63, 3.8) is 0 Å². The lowest BCUT2D eigenvalue weighted by atomic mass is 10.5. The van der Waals surface area contributed by atoms with E-state index in [1.807, 2.05) is 0 Å². The van der Waals surface area contributed by atoms with Gasteiger partial charge in [0, 0.05) is 16.9 Å². The smallest absolute Gasteiger partial charge is 0.266 e. The van der Waals surface area contributed by atoms with E-state index in [9.17, 15) is 8.42 Å². The van der Waals surface area contributed by atoms with Crippen molar-refractivity contribution in [1.29, 1.82) is 0 Å². The Morgan fingerprint density at radius 2 is 2.17 bits per heavy atom. The Balaban J connectivity index is 2.40. The van der Waals surface area contributed by atoms with E-state index in [0.29, 0.717) is 4.47 Å². The first-order valence-corrected chi connectivity index (χ1v) is 6.98. The minimum atomic E-state index is -3.84. The summed E-state index contributed by atoms with van der Waals surface area (Å²) in [6, 6.07) is 4.40. The third kappa shape index (κ3) is 2.74. The average molecular weight is 330 g/mol. The fraction of sp³-hybridized carbons (Fsp3) is 0. The number of nitrogens with zero attached hydrogens (tertiary/aromatic N) is 3. The largest absolute Gasteiger partial charge is 0.383 e. The molecule has 0 bridgehead atoms. The lowest BCUT2D eigenvalue weighted by Gasteiger charge is -2.08. The Bertz CT molecular complexity index is 662. The first kappa shape index (κ1) is 12.7. The van der Waals surface area contributed by atoms with Crippen LogP contribution in [0.2, 0.25) is 0 Å². The summed E-state index contributed by atoms with van der Waals surface area (Å²) < 4.78 is 26.9. The number of pyridine rings is 1. The van der Waals surface area contributed by atoms with Crippen LogP contribution in [0.25, 0.3) is 0 Å². The van der Waals surface area contributed by atoms with Gasteiger partial charge in [0.05, 0.1) is 0 Å². The van der Waals surface area contributed by atoms with E-state index < -0.39 is 10.0 Å². The maximum absolute atomic E-state index is 12.1. The molecule has 2 heterocycles. The Morgan fingerprint density at radius 3 is 2.83 bits per heavy atom. The van der Waals surface area contributed by atoms with Crippen molar-refractivity contribution in [3.8, 4) is 0 Å². The molecule has 0 amide bonds. The summed E-state index contributed by atoms with van der Waals surface area (Å²) >= 11 is 3.14. The molecule has 3 N–H and O–H groups in total. The summed E-state index contributed by atoms with van der Waals surface area (Å²) in [5.74, 6) is 0.0199. The van der Waals surface area contributed by atoms with Gasteiger partial charge in [0.1, 0.15) is 10.7 Å². The van der Waals surface area contributed by atoms with Crippen molar-refractivity contribution in [1.82, 2.24) is 15.2 Å². The molecule has 9 heteroatoms. The molecule has 7 nitrogen and oxygen atoms in total. The van der Waals surface area contributed by atoms with Gasteiger partial charge in [-0.1, -0.05) is 0 Å². The molecule has 0 unspecified atom stereocenters. The highest BCUT2D eigenvalue weighted by Gasteiger charge is 2.19. The second-order valence-corrected chi connectivity index (χ2v) is 5.82. The molecule has 2 aromatic rings. The highest BCUT2D eigenvalue weighted by molar-refractivity contribution is 9.10. The van der Waals surface area contributed by atoms with Crippen LogP contribution in [0.4, 0.5) is 11.6 Å². The van der Waals surface area contributed by atoms with Crippen molar-refractivity contribution in [3.05, 3.63) is 35.1 Å². The zero-order chi connectivity index (χ0) is 13.2. The van der Waals surface area contributed by atoms with Crippen LogP contribution in [0.1, 0.15) is 0 Å². The third-order valence-electron chi connectivity index (χ3n) is 1.95. The van der Waals surface area contributed by atoms with E-state index in [0.717, 1.165) is 0 Å². The molecular weight excluding hydrogens is 322 g/mol. The van der Waals surface area contributed by atoms with Crippen LogP contribution in [0.5, 0.6) is 0 Å². The fourth-order valence-electron chi connectivity index (χ4n) is 1.20. The van der Waals surface area contributed by atoms with E-state index in [1.165, 1.54) is 24.5 Å². The minimum absolute atomic E-state index is 0.0883. The summed E-state index contributed by atoms with van der Waals surface area (Å²) in [6.45, 7) is 0. The lowest BCUT2D eigenvalue weighted by Crippen LogP contribution is -2.16. The SMILES string of the molecule is Nc1ncc(Br)cc1S(=O)(=O)Nc1cccnn1. The Kier molecular flexibility index (Phi) is 3.43. The van der Waals surface area contributed by atoms with E-state index in [-0.39, 0.29) is 16.5 Å². The number of nitrogen functional groups attached to an aromatic ring is 1. The van der Waals surface area contributed by atoms with Gasteiger partial charge in [-0.2, -0.15) is 5.10 Å². The third-order valence-corrected chi connectivity index (χ3v) is 3.77. The highest BCUT2D eigenvalue weighted by atomic mass is 79.9. The maximum Gasteiger partial charge on any atom is 0.266 e. The lowest BCUT2D eigenvalue weighted by molar-refractivity contribution is 0.601. The average Bonchev–Trinajstić information content (AvgIpc) is 2.33. The van der Waals surface area contributed by atoms with Gasteiger partial charge in [0.15, 0.2) is 5.82 Å². The van der Waals surface area contributed by atoms with Gasteiger partial charge in [-0.25, -0.2) is 13.4 Å². The Labute approximate surface area is 112 Å². The van der Waals surface area contributed by atoms with Crippen LogP contribution in [-0.2, 0) is 10.0 Å². The predicted molar refractivity (Wildman–Crippen MR) is 69.2 cm³/mol. The molecule has 0 saturated carbocycles. The van der Waals surface area contributed by atoms with Crippen molar-refractivity contribution in [2.45, 2.75) is 4.90 Å². The molecule has 0 aromatic carbocycles. The van der Waals surface area contributed by atoms with Gasteiger partial charge < -0.3 is 5.73 Å². The van der Waals surface area contributed by atoms with Gasteiger partial charge in [-0.3, -0.25) is 4.72 Å². The summed E-state index contributed by atoms with van der Waals surface area (Å²) in [4.78, 5) is 3.64. The van der Waals surface area contributed by atoms with Crippen molar-refractivity contribution < 1.29 is 8.42 Å². The molecule has 0 aliphatic carbocycles. The van der Waals surface area contributed by atoms with Crippen molar-refractivity contribution in [2.24, 2.45) is 0 Å². The number of nitrogens with two attached hydrogens (primary N) is 1. The number of rotatable bonds is 3. The number of aromatic nitrogens is 3. The van der Waals surface area contributed by atoms with Crippen LogP contribution >= 0.6 is 15.9 Å². The monoisotopic (exact) mass is 329 g/mol. The van der Waals surface area contributed by atoms with Gasteiger partial charge in [0.2, 0.25) is 0 Å². The topological polar surface area (TPSA) is 111 Å². The van der Waals surface area contributed by atoms with E-state index >= 15 is 0 Å². The molecule has 18 heavy (non-hydrogen) atoms. The zero-order valence-corrected chi connectivity index (χ0v) is 11.3. The molecule has 0 fully saturated rings. The highest BCUT2D eigenvalue weighted by Crippen LogP contribution is 2.22. The van der Waals surface area contributed by atoms with Gasteiger partial charge in [-0.05, 0) is 34.1 Å². The number of halogens is 1. The zero-order valence-electron chi connectivity index (χ0n) is 8.91. The molecule has 0 radical (unpaired) electrons. The van der Waals surface area contributed by atoms with Crippen molar-refractivity contribution in [2.75, 3.05) is 10.5 Å². The number of anilines is 2.